The van der Waals surface area contributed by atoms with Crippen molar-refractivity contribution in [3.8, 4) is 11.6 Å². The van der Waals surface area contributed by atoms with E-state index in [4.69, 9.17) is 9.47 Å². The van der Waals surface area contributed by atoms with Gasteiger partial charge in [-0.25, -0.2) is 9.97 Å². The number of aromatic nitrogens is 2. The molecule has 1 aromatic heterocycles. The number of hydrogen-bond donors (Lipinski definition) is 1. The van der Waals surface area contributed by atoms with E-state index in [0.29, 0.717) is 25.6 Å². The van der Waals surface area contributed by atoms with Crippen molar-refractivity contribution in [1.29, 1.82) is 0 Å². The quantitative estimate of drug-likeness (QED) is 0.829. The molecule has 0 saturated heterocycles. The fourth-order valence-corrected chi connectivity index (χ4v) is 3.04. The zero-order valence-corrected chi connectivity index (χ0v) is 14.8. The number of aryl methyl sites for hydroxylation is 1. The summed E-state index contributed by atoms with van der Waals surface area (Å²) in [6, 6.07) is 7.83. The number of β-amino-alcohol motifs (C(OH)–C–C–N with tert-alkyl or cyclic N) is 1. The van der Waals surface area contributed by atoms with Gasteiger partial charge in [0.1, 0.15) is 24.8 Å². The van der Waals surface area contributed by atoms with E-state index in [9.17, 15) is 5.11 Å². The lowest BCUT2D eigenvalue weighted by Gasteiger charge is -2.30. The maximum atomic E-state index is 10.3. The molecule has 1 aromatic carbocycles. The Balaban J connectivity index is 1.56. The molecule has 1 N–H and O–H groups in total. The Kier molecular flexibility index (Phi) is 5.83. The Bertz CT molecular complexity index is 708. The van der Waals surface area contributed by atoms with Crippen molar-refractivity contribution in [2.24, 2.45) is 0 Å². The van der Waals surface area contributed by atoms with Crippen LogP contribution in [-0.4, -0.2) is 52.4 Å². The molecule has 0 unspecified atom stereocenters. The lowest BCUT2D eigenvalue weighted by atomic mass is 10.1. The fourth-order valence-electron chi connectivity index (χ4n) is 3.04. The second kappa shape index (κ2) is 8.27. The molecule has 0 spiro atoms. The topological polar surface area (TPSA) is 67.7 Å². The van der Waals surface area contributed by atoms with Gasteiger partial charge < -0.3 is 14.6 Å². The summed E-state index contributed by atoms with van der Waals surface area (Å²) in [5, 5.41) is 10.3. The smallest absolute Gasteiger partial charge is 0.221 e. The second-order valence-corrected chi connectivity index (χ2v) is 6.25. The van der Waals surface area contributed by atoms with Crippen LogP contribution in [0.3, 0.4) is 0 Å². The van der Waals surface area contributed by atoms with Crippen LogP contribution in [0.15, 0.2) is 30.6 Å². The van der Waals surface area contributed by atoms with Crippen LogP contribution in [-0.2, 0) is 13.0 Å². The van der Waals surface area contributed by atoms with Crippen molar-refractivity contribution < 1.29 is 14.6 Å². The van der Waals surface area contributed by atoms with E-state index in [1.54, 1.807) is 6.33 Å². The van der Waals surface area contributed by atoms with Crippen LogP contribution in [0.25, 0.3) is 0 Å². The number of ether oxygens (including phenoxy) is 2. The lowest BCUT2D eigenvalue weighted by molar-refractivity contribution is 0.0627. The zero-order chi connectivity index (χ0) is 17.6. The molecule has 1 aliphatic rings. The molecule has 0 saturated carbocycles. The predicted octanol–water partition coefficient (Wildman–Crippen LogP) is 1.98. The summed E-state index contributed by atoms with van der Waals surface area (Å²) < 4.78 is 11.4. The first-order valence-corrected chi connectivity index (χ1v) is 8.71. The van der Waals surface area contributed by atoms with E-state index in [1.807, 2.05) is 38.1 Å². The van der Waals surface area contributed by atoms with Crippen molar-refractivity contribution in [2.75, 3.05) is 26.3 Å². The first kappa shape index (κ1) is 17.6. The molecule has 0 fully saturated rings. The van der Waals surface area contributed by atoms with Gasteiger partial charge in [0.2, 0.25) is 5.88 Å². The van der Waals surface area contributed by atoms with Crippen LogP contribution < -0.4 is 9.47 Å². The number of nitrogens with zero attached hydrogens (tertiary/aromatic N) is 3. The molecule has 1 atom stereocenters. The van der Waals surface area contributed by atoms with Gasteiger partial charge in [-0.1, -0.05) is 18.2 Å². The highest BCUT2D eigenvalue weighted by molar-refractivity contribution is 5.32. The number of para-hydroxylation sites is 1. The van der Waals surface area contributed by atoms with Crippen LogP contribution in [0.5, 0.6) is 11.6 Å². The average Bonchev–Trinajstić information content (AvgIpc) is 2.62. The predicted molar refractivity (Wildman–Crippen MR) is 94.9 cm³/mol. The Morgan fingerprint density at radius 3 is 2.88 bits per heavy atom. The second-order valence-electron chi connectivity index (χ2n) is 6.25. The molecule has 0 amide bonds. The third-order valence-electron chi connectivity index (χ3n) is 4.32. The Morgan fingerprint density at radius 2 is 2.08 bits per heavy atom. The first-order valence-electron chi connectivity index (χ1n) is 8.71. The minimum atomic E-state index is -0.554. The van der Waals surface area contributed by atoms with Gasteiger partial charge in [0.05, 0.1) is 12.3 Å². The molecule has 134 valence electrons. The lowest BCUT2D eigenvalue weighted by Crippen LogP contribution is -2.39. The third kappa shape index (κ3) is 4.46. The van der Waals surface area contributed by atoms with Gasteiger partial charge in [-0.15, -0.1) is 0 Å². The highest BCUT2D eigenvalue weighted by atomic mass is 16.5. The van der Waals surface area contributed by atoms with Crippen LogP contribution in [0.2, 0.25) is 0 Å². The molecular formula is C19H25N3O3. The minimum absolute atomic E-state index is 0.276. The van der Waals surface area contributed by atoms with Gasteiger partial charge in [0, 0.05) is 31.6 Å². The fraction of sp³-hybridized carbons (Fsp3) is 0.474. The summed E-state index contributed by atoms with van der Waals surface area (Å²) in [6.07, 6.45) is 1.84. The number of fused-ring (bicyclic) bond motifs is 1. The van der Waals surface area contributed by atoms with Crippen molar-refractivity contribution in [3.63, 3.8) is 0 Å². The summed E-state index contributed by atoms with van der Waals surface area (Å²) in [6.45, 7) is 6.89. The van der Waals surface area contributed by atoms with Crippen LogP contribution in [0.1, 0.15) is 23.7 Å². The summed E-state index contributed by atoms with van der Waals surface area (Å²) in [5.41, 5.74) is 3.14. The normalized spacial score (nSPS) is 15.5. The molecule has 6 heteroatoms. The van der Waals surface area contributed by atoms with Crippen LogP contribution >= 0.6 is 0 Å². The Labute approximate surface area is 148 Å². The number of rotatable bonds is 7. The van der Waals surface area contributed by atoms with E-state index < -0.39 is 6.10 Å². The number of aliphatic hydroxyl groups excluding tert-OH is 1. The van der Waals surface area contributed by atoms with E-state index in [-0.39, 0.29) is 6.61 Å². The highest BCUT2D eigenvalue weighted by Crippen LogP contribution is 2.24. The van der Waals surface area contributed by atoms with Gasteiger partial charge in [0.15, 0.2) is 0 Å². The number of benzene rings is 1. The van der Waals surface area contributed by atoms with Gasteiger partial charge in [-0.2, -0.15) is 0 Å². The Hall–Kier alpha value is -2.18. The number of hydrogen-bond acceptors (Lipinski definition) is 6. The van der Waals surface area contributed by atoms with Gasteiger partial charge >= 0.3 is 0 Å². The molecule has 1 aliphatic heterocycles. The van der Waals surface area contributed by atoms with Gasteiger partial charge in [0.25, 0.3) is 0 Å². The SMILES string of the molecule is CCOc1ncnc2c1CN(C[C@H](O)COc1ccccc1C)CC2. The van der Waals surface area contributed by atoms with E-state index in [0.717, 1.165) is 35.5 Å². The van der Waals surface area contributed by atoms with E-state index in [2.05, 4.69) is 14.9 Å². The highest BCUT2D eigenvalue weighted by Gasteiger charge is 2.23. The third-order valence-corrected chi connectivity index (χ3v) is 4.32. The van der Waals surface area contributed by atoms with Crippen molar-refractivity contribution >= 4 is 0 Å². The molecule has 0 aliphatic carbocycles. The monoisotopic (exact) mass is 343 g/mol. The molecule has 25 heavy (non-hydrogen) atoms. The van der Waals surface area contributed by atoms with Crippen LogP contribution in [0.4, 0.5) is 0 Å². The van der Waals surface area contributed by atoms with Gasteiger partial charge in [-0.3, -0.25) is 4.90 Å². The molecule has 0 bridgehead atoms. The van der Waals surface area contributed by atoms with E-state index in [1.165, 1.54) is 0 Å². The minimum Gasteiger partial charge on any atom is -0.491 e. The zero-order valence-electron chi connectivity index (χ0n) is 14.8. The molecule has 2 heterocycles. The van der Waals surface area contributed by atoms with E-state index >= 15 is 0 Å². The van der Waals surface area contributed by atoms with Crippen LogP contribution in [0, 0.1) is 6.92 Å². The molecule has 6 nitrogen and oxygen atoms in total. The summed E-state index contributed by atoms with van der Waals surface area (Å²) >= 11 is 0. The molecule has 2 aromatic rings. The standard InChI is InChI=1S/C19H25N3O3/c1-3-24-19-16-11-22(9-8-17(16)20-13-21-19)10-15(23)12-25-18-7-5-4-6-14(18)2/h4-7,13,15,23H,3,8-12H2,1-2H3/t15-/m0/s1. The summed E-state index contributed by atoms with van der Waals surface area (Å²) in [5.74, 6) is 1.47. The van der Waals surface area contributed by atoms with Crippen molar-refractivity contribution in [1.82, 2.24) is 14.9 Å². The maximum absolute atomic E-state index is 10.3. The molecule has 0 radical (unpaired) electrons. The van der Waals surface area contributed by atoms with Gasteiger partial charge in [-0.05, 0) is 25.5 Å². The largest absolute Gasteiger partial charge is 0.491 e. The summed E-state index contributed by atoms with van der Waals surface area (Å²) in [4.78, 5) is 10.8. The maximum Gasteiger partial charge on any atom is 0.221 e. The van der Waals surface area contributed by atoms with Crippen molar-refractivity contribution in [2.45, 2.75) is 32.9 Å². The molecular weight excluding hydrogens is 318 g/mol. The Morgan fingerprint density at radius 1 is 1.24 bits per heavy atom. The number of aliphatic hydroxyl groups is 1. The average molecular weight is 343 g/mol. The van der Waals surface area contributed by atoms with Crippen molar-refractivity contribution in [3.05, 3.63) is 47.4 Å². The first-order chi connectivity index (χ1) is 12.2. The summed E-state index contributed by atoms with van der Waals surface area (Å²) in [7, 11) is 0. The molecule has 3 rings (SSSR count).